The fourth-order valence-electron chi connectivity index (χ4n) is 5.78. The van der Waals surface area contributed by atoms with Gasteiger partial charge in [0.25, 0.3) is 0 Å². The summed E-state index contributed by atoms with van der Waals surface area (Å²) in [6, 6.07) is 22.5. The van der Waals surface area contributed by atoms with Gasteiger partial charge >= 0.3 is 6.09 Å². The van der Waals surface area contributed by atoms with E-state index in [0.717, 1.165) is 75.9 Å². The highest BCUT2D eigenvalue weighted by atomic mass is 16.6. The van der Waals surface area contributed by atoms with Crippen LogP contribution >= 0.6 is 0 Å². The average Bonchev–Trinajstić information content (AvgIpc) is 3.29. The van der Waals surface area contributed by atoms with Gasteiger partial charge in [0, 0.05) is 22.9 Å². The van der Waals surface area contributed by atoms with Gasteiger partial charge in [-0.1, -0.05) is 36.4 Å². The minimum Gasteiger partial charge on any atom is -0.444 e. The number of carbonyl (C=O) groups excluding carboxylic acids is 1. The van der Waals surface area contributed by atoms with E-state index in [4.69, 9.17) is 9.72 Å². The Labute approximate surface area is 244 Å². The van der Waals surface area contributed by atoms with Crippen LogP contribution in [0.15, 0.2) is 85.3 Å². The molecule has 7 rings (SSSR count). The molecule has 210 valence electrons. The standard InChI is InChI=1S/C33H31N7O2/c1-32(2,3)42-31(41)39-33(16-7-17-33)23-13-11-21(12-14-23)28-27(22-15-19-35-36-20-22)38-30-24-8-4-5-9-25(24)37-29-26(40(28)30)10-6-18-34-29/h4-6,8-15,18-20H,7,16-17H2,1-3H3,(H,34,37)(H,39,41). The minimum atomic E-state index is -0.560. The zero-order chi connectivity index (χ0) is 28.9. The zero-order valence-electron chi connectivity index (χ0n) is 23.8. The van der Waals surface area contributed by atoms with E-state index in [1.54, 1.807) is 18.6 Å². The van der Waals surface area contributed by atoms with E-state index in [9.17, 15) is 4.79 Å². The molecule has 1 fully saturated rings. The topological polar surface area (TPSA) is 107 Å². The van der Waals surface area contributed by atoms with Crippen molar-refractivity contribution in [3.05, 3.63) is 90.9 Å². The van der Waals surface area contributed by atoms with E-state index in [0.29, 0.717) is 0 Å². The molecule has 5 aromatic rings. The molecule has 0 spiro atoms. The van der Waals surface area contributed by atoms with Crippen LogP contribution in [0.5, 0.6) is 0 Å². The van der Waals surface area contributed by atoms with Gasteiger partial charge in [-0.05, 0) is 75.9 Å². The van der Waals surface area contributed by atoms with Crippen molar-refractivity contribution >= 4 is 17.6 Å². The molecule has 2 aliphatic rings. The first kappa shape index (κ1) is 25.9. The Kier molecular flexibility index (Phi) is 6.04. The van der Waals surface area contributed by atoms with Crippen LogP contribution in [0.25, 0.3) is 39.6 Å². The molecule has 42 heavy (non-hydrogen) atoms. The van der Waals surface area contributed by atoms with Crippen molar-refractivity contribution < 1.29 is 9.53 Å². The molecule has 4 heterocycles. The van der Waals surface area contributed by atoms with Crippen molar-refractivity contribution in [1.82, 2.24) is 30.0 Å². The fourth-order valence-corrected chi connectivity index (χ4v) is 5.78. The predicted octanol–water partition coefficient (Wildman–Crippen LogP) is 7.02. The lowest BCUT2D eigenvalue weighted by Gasteiger charge is -2.43. The van der Waals surface area contributed by atoms with Gasteiger partial charge in [0.2, 0.25) is 0 Å². The van der Waals surface area contributed by atoms with Gasteiger partial charge in [0.1, 0.15) is 11.4 Å². The highest BCUT2D eigenvalue weighted by molar-refractivity contribution is 5.90. The Morgan fingerprint density at radius 1 is 0.952 bits per heavy atom. The van der Waals surface area contributed by atoms with E-state index in [1.807, 2.05) is 57.2 Å². The lowest BCUT2D eigenvalue weighted by molar-refractivity contribution is 0.0377. The number of para-hydroxylation sites is 1. The number of pyridine rings is 1. The van der Waals surface area contributed by atoms with Crippen molar-refractivity contribution in [3.63, 3.8) is 0 Å². The normalized spacial score (nSPS) is 14.7. The summed E-state index contributed by atoms with van der Waals surface area (Å²) in [7, 11) is 0. The summed E-state index contributed by atoms with van der Waals surface area (Å²) in [6.45, 7) is 5.63. The number of carbonyl (C=O) groups is 1. The summed E-state index contributed by atoms with van der Waals surface area (Å²) in [6.07, 6.45) is 7.59. The van der Waals surface area contributed by atoms with Gasteiger partial charge in [0.05, 0.1) is 40.7 Å². The SMILES string of the molecule is CC(C)(C)OC(=O)NC1(c2ccc(-c3c(-c4ccnnc4)nc4n3-c3cccnc3Nc3ccccc3-4)cc2)CCC1. The van der Waals surface area contributed by atoms with Crippen LogP contribution in [0.1, 0.15) is 45.6 Å². The fraction of sp³-hybridized carbons (Fsp3) is 0.242. The number of benzene rings is 2. The summed E-state index contributed by atoms with van der Waals surface area (Å²) < 4.78 is 7.76. The Balaban J connectivity index is 1.38. The molecule has 0 bridgehead atoms. The molecule has 0 unspecified atom stereocenters. The smallest absolute Gasteiger partial charge is 0.408 e. The molecule has 9 nitrogen and oxygen atoms in total. The van der Waals surface area contributed by atoms with Crippen molar-refractivity contribution in [2.24, 2.45) is 0 Å². The van der Waals surface area contributed by atoms with E-state index in [1.165, 1.54) is 0 Å². The maximum atomic E-state index is 12.7. The summed E-state index contributed by atoms with van der Waals surface area (Å²) >= 11 is 0. The van der Waals surface area contributed by atoms with Crippen LogP contribution in [0.4, 0.5) is 16.3 Å². The maximum absolute atomic E-state index is 12.7. The van der Waals surface area contributed by atoms with E-state index in [-0.39, 0.29) is 0 Å². The molecule has 0 radical (unpaired) electrons. The van der Waals surface area contributed by atoms with Crippen LogP contribution in [0.3, 0.4) is 0 Å². The molecule has 2 aromatic carbocycles. The number of fused-ring (bicyclic) bond motifs is 5. The molecule has 0 saturated heterocycles. The van der Waals surface area contributed by atoms with Gasteiger partial charge in [-0.25, -0.2) is 14.8 Å². The van der Waals surface area contributed by atoms with E-state index in [2.05, 4.69) is 60.7 Å². The number of nitrogens with one attached hydrogen (secondary N) is 2. The molecular weight excluding hydrogens is 526 g/mol. The quantitative estimate of drug-likeness (QED) is 0.240. The van der Waals surface area contributed by atoms with Crippen molar-refractivity contribution in [1.29, 1.82) is 0 Å². The van der Waals surface area contributed by atoms with Gasteiger partial charge in [0.15, 0.2) is 5.82 Å². The van der Waals surface area contributed by atoms with Crippen molar-refractivity contribution in [3.8, 4) is 39.6 Å². The molecule has 1 aliphatic heterocycles. The number of amides is 1. The number of nitrogens with zero attached hydrogens (tertiary/aromatic N) is 5. The number of aromatic nitrogens is 5. The van der Waals surface area contributed by atoms with Crippen molar-refractivity contribution in [2.45, 2.75) is 51.2 Å². The van der Waals surface area contributed by atoms with E-state index >= 15 is 0 Å². The predicted molar refractivity (Wildman–Crippen MR) is 161 cm³/mol. The molecule has 2 N–H and O–H groups in total. The monoisotopic (exact) mass is 557 g/mol. The Morgan fingerprint density at radius 3 is 2.48 bits per heavy atom. The van der Waals surface area contributed by atoms with Crippen LogP contribution in [0, 0.1) is 0 Å². The number of anilines is 2. The third-order valence-corrected chi connectivity index (χ3v) is 7.84. The summed E-state index contributed by atoms with van der Waals surface area (Å²) in [5.41, 5.74) is 6.41. The Bertz CT molecular complexity index is 1790. The molecule has 3 aromatic heterocycles. The van der Waals surface area contributed by atoms with Crippen LogP contribution in [0.2, 0.25) is 0 Å². The number of hydrogen-bond acceptors (Lipinski definition) is 7. The largest absolute Gasteiger partial charge is 0.444 e. The van der Waals surface area contributed by atoms with Crippen LogP contribution in [-0.2, 0) is 10.3 Å². The summed E-state index contributed by atoms with van der Waals surface area (Å²) in [5.74, 6) is 1.55. The maximum Gasteiger partial charge on any atom is 0.408 e. The molecular formula is C33H31N7O2. The van der Waals surface area contributed by atoms with Gasteiger partial charge < -0.3 is 15.4 Å². The third kappa shape index (κ3) is 4.47. The number of hydrogen-bond donors (Lipinski definition) is 2. The van der Waals surface area contributed by atoms with E-state index < -0.39 is 17.2 Å². The number of rotatable bonds is 4. The second kappa shape index (κ2) is 9.80. The Hall–Kier alpha value is -5.05. The molecule has 9 heteroatoms. The first-order chi connectivity index (χ1) is 20.3. The lowest BCUT2D eigenvalue weighted by Crippen LogP contribution is -2.52. The average molecular weight is 558 g/mol. The summed E-state index contributed by atoms with van der Waals surface area (Å²) in [5, 5.41) is 14.8. The first-order valence-corrected chi connectivity index (χ1v) is 14.2. The number of alkyl carbamates (subject to hydrolysis) is 1. The summed E-state index contributed by atoms with van der Waals surface area (Å²) in [4.78, 5) is 22.6. The third-order valence-electron chi connectivity index (χ3n) is 7.84. The lowest BCUT2D eigenvalue weighted by atomic mass is 9.71. The number of imidazole rings is 1. The molecule has 1 saturated carbocycles. The molecule has 1 aliphatic carbocycles. The first-order valence-electron chi connectivity index (χ1n) is 14.2. The number of ether oxygens (including phenoxy) is 1. The highest BCUT2D eigenvalue weighted by Gasteiger charge is 2.41. The van der Waals surface area contributed by atoms with Crippen LogP contribution in [-0.4, -0.2) is 36.4 Å². The van der Waals surface area contributed by atoms with Crippen LogP contribution < -0.4 is 10.6 Å². The second-order valence-corrected chi connectivity index (χ2v) is 11.8. The molecule has 1 amide bonds. The van der Waals surface area contributed by atoms with Crippen molar-refractivity contribution in [2.75, 3.05) is 5.32 Å². The van der Waals surface area contributed by atoms with Gasteiger partial charge in [-0.3, -0.25) is 4.57 Å². The van der Waals surface area contributed by atoms with Gasteiger partial charge in [-0.2, -0.15) is 10.2 Å². The minimum absolute atomic E-state index is 0.393. The Morgan fingerprint density at radius 2 is 1.76 bits per heavy atom. The zero-order valence-corrected chi connectivity index (χ0v) is 23.8. The highest BCUT2D eigenvalue weighted by Crippen LogP contribution is 2.46. The second-order valence-electron chi connectivity index (χ2n) is 11.8. The molecule has 0 atom stereocenters. The van der Waals surface area contributed by atoms with Gasteiger partial charge in [-0.15, -0.1) is 0 Å².